The molecule has 5 heteroatoms. The van der Waals surface area contributed by atoms with Gasteiger partial charge >= 0.3 is 0 Å². The second-order valence-corrected chi connectivity index (χ2v) is 5.81. The molecule has 1 aliphatic heterocycles. The summed E-state index contributed by atoms with van der Waals surface area (Å²) in [6.45, 7) is 3.07. The number of hydrogen-bond donors (Lipinski definition) is 2. The third-order valence-electron chi connectivity index (χ3n) is 4.45. The Balaban J connectivity index is 1.59. The maximum atomic E-state index is 12.3. The van der Waals surface area contributed by atoms with Gasteiger partial charge in [-0.3, -0.25) is 4.79 Å². The number of carbonyl (C=O) groups excluding carboxylic acids is 1. The molecule has 108 valence electrons. The smallest absolute Gasteiger partial charge is 0.242 e. The quantitative estimate of drug-likeness (QED) is 0.842. The van der Waals surface area contributed by atoms with E-state index in [0.29, 0.717) is 0 Å². The van der Waals surface area contributed by atoms with Crippen LogP contribution in [0.15, 0.2) is 24.3 Å². The zero-order chi connectivity index (χ0) is 14.2. The number of nitrogens with zero attached hydrogens (tertiary/aromatic N) is 2. The predicted molar refractivity (Wildman–Crippen MR) is 77.7 cm³/mol. The number of piperazine rings is 1. The first-order valence-electron chi connectivity index (χ1n) is 7.21. The van der Waals surface area contributed by atoms with Crippen LogP contribution >= 0.6 is 0 Å². The maximum absolute atomic E-state index is 12.3. The van der Waals surface area contributed by atoms with E-state index >= 15 is 0 Å². The average Bonchev–Trinajstić information content (AvgIpc) is 2.45. The number of nitrogens with two attached hydrogens (primary N) is 1. The van der Waals surface area contributed by atoms with Gasteiger partial charge in [0.15, 0.2) is 0 Å². The topological polar surface area (TPSA) is 69.8 Å². The standard InChI is InChI=1S/C15H21N3O2/c16-15(6-1-7-15)14(20)18-10-8-17(9-11-18)12-2-4-13(19)5-3-12/h2-5,19H,1,6-11,16H2. The molecule has 0 spiro atoms. The molecule has 2 aliphatic rings. The van der Waals surface area contributed by atoms with E-state index in [-0.39, 0.29) is 11.7 Å². The van der Waals surface area contributed by atoms with Crippen molar-refractivity contribution in [1.29, 1.82) is 0 Å². The Kier molecular flexibility index (Phi) is 3.30. The fraction of sp³-hybridized carbons (Fsp3) is 0.533. The highest BCUT2D eigenvalue weighted by Crippen LogP contribution is 2.31. The van der Waals surface area contributed by atoms with E-state index in [2.05, 4.69) is 4.90 Å². The summed E-state index contributed by atoms with van der Waals surface area (Å²) in [6, 6.07) is 7.19. The Morgan fingerprint density at radius 1 is 1.10 bits per heavy atom. The molecule has 3 N–H and O–H groups in total. The summed E-state index contributed by atoms with van der Waals surface area (Å²) in [6.07, 6.45) is 2.71. The molecule has 1 aromatic carbocycles. The Hall–Kier alpha value is -1.75. The number of amides is 1. The van der Waals surface area contributed by atoms with Gasteiger partial charge < -0.3 is 20.6 Å². The predicted octanol–water partition coefficient (Wildman–Crippen LogP) is 0.922. The lowest BCUT2D eigenvalue weighted by Crippen LogP contribution is -2.62. The second kappa shape index (κ2) is 4.98. The molecule has 0 bridgehead atoms. The second-order valence-electron chi connectivity index (χ2n) is 5.81. The Morgan fingerprint density at radius 3 is 2.20 bits per heavy atom. The zero-order valence-corrected chi connectivity index (χ0v) is 11.6. The lowest BCUT2D eigenvalue weighted by molar-refractivity contribution is -0.140. The van der Waals surface area contributed by atoms with E-state index < -0.39 is 5.54 Å². The first-order valence-corrected chi connectivity index (χ1v) is 7.21. The van der Waals surface area contributed by atoms with Gasteiger partial charge in [0.25, 0.3) is 0 Å². The van der Waals surface area contributed by atoms with Crippen LogP contribution in [0.3, 0.4) is 0 Å². The van der Waals surface area contributed by atoms with Crippen LogP contribution in [-0.2, 0) is 4.79 Å². The number of benzene rings is 1. The summed E-state index contributed by atoms with van der Waals surface area (Å²) >= 11 is 0. The minimum absolute atomic E-state index is 0.120. The molecule has 0 atom stereocenters. The van der Waals surface area contributed by atoms with Crippen LogP contribution in [0.5, 0.6) is 5.75 Å². The number of aromatic hydroxyl groups is 1. The van der Waals surface area contributed by atoms with Crippen molar-refractivity contribution in [2.24, 2.45) is 5.73 Å². The third-order valence-corrected chi connectivity index (χ3v) is 4.45. The van der Waals surface area contributed by atoms with Gasteiger partial charge in [0.05, 0.1) is 5.54 Å². The number of rotatable bonds is 2. The number of anilines is 1. The van der Waals surface area contributed by atoms with Crippen molar-refractivity contribution in [3.05, 3.63) is 24.3 Å². The number of phenolic OH excluding ortho intramolecular Hbond substituents is 1. The van der Waals surface area contributed by atoms with Crippen molar-refractivity contribution < 1.29 is 9.90 Å². The minimum Gasteiger partial charge on any atom is -0.508 e. The fourth-order valence-electron chi connectivity index (χ4n) is 2.92. The van der Waals surface area contributed by atoms with Crippen molar-refractivity contribution >= 4 is 11.6 Å². The van der Waals surface area contributed by atoms with Gasteiger partial charge in [-0.15, -0.1) is 0 Å². The molecule has 20 heavy (non-hydrogen) atoms. The van der Waals surface area contributed by atoms with E-state index in [1.165, 1.54) is 0 Å². The van der Waals surface area contributed by atoms with Gasteiger partial charge in [0, 0.05) is 31.9 Å². The molecule has 1 heterocycles. The highest BCUT2D eigenvalue weighted by molar-refractivity contribution is 5.87. The van der Waals surface area contributed by atoms with E-state index in [1.54, 1.807) is 12.1 Å². The summed E-state index contributed by atoms with van der Waals surface area (Å²) in [5.74, 6) is 0.395. The van der Waals surface area contributed by atoms with Gasteiger partial charge in [-0.05, 0) is 43.5 Å². The van der Waals surface area contributed by atoms with Crippen LogP contribution in [0.2, 0.25) is 0 Å². The van der Waals surface area contributed by atoms with Crippen molar-refractivity contribution in [3.8, 4) is 5.75 Å². The van der Waals surface area contributed by atoms with Crippen LogP contribution in [0.25, 0.3) is 0 Å². The van der Waals surface area contributed by atoms with Crippen molar-refractivity contribution in [2.45, 2.75) is 24.8 Å². The van der Waals surface area contributed by atoms with Crippen molar-refractivity contribution in [3.63, 3.8) is 0 Å². The van der Waals surface area contributed by atoms with Gasteiger partial charge in [-0.25, -0.2) is 0 Å². The van der Waals surface area contributed by atoms with Gasteiger partial charge in [0.1, 0.15) is 5.75 Å². The molecule has 0 unspecified atom stereocenters. The molecule has 1 saturated heterocycles. The summed E-state index contributed by atoms with van der Waals surface area (Å²) in [7, 11) is 0. The Bertz CT molecular complexity index is 488. The van der Waals surface area contributed by atoms with Crippen LogP contribution < -0.4 is 10.6 Å². The monoisotopic (exact) mass is 275 g/mol. The highest BCUT2D eigenvalue weighted by Gasteiger charge is 2.43. The van der Waals surface area contributed by atoms with E-state index in [4.69, 9.17) is 5.73 Å². The molecular formula is C15H21N3O2. The summed E-state index contributed by atoms with van der Waals surface area (Å²) in [4.78, 5) is 16.5. The van der Waals surface area contributed by atoms with Gasteiger partial charge in [-0.2, -0.15) is 0 Å². The van der Waals surface area contributed by atoms with E-state index in [1.807, 2.05) is 17.0 Å². The minimum atomic E-state index is -0.583. The molecule has 1 aromatic rings. The lowest BCUT2D eigenvalue weighted by Gasteiger charge is -2.43. The molecule has 2 fully saturated rings. The first kappa shape index (κ1) is 13.2. The van der Waals surface area contributed by atoms with Gasteiger partial charge in [0.2, 0.25) is 5.91 Å². The first-order chi connectivity index (χ1) is 9.58. The number of hydrogen-bond acceptors (Lipinski definition) is 4. The summed E-state index contributed by atoms with van der Waals surface area (Å²) < 4.78 is 0. The molecule has 0 aromatic heterocycles. The summed E-state index contributed by atoms with van der Waals surface area (Å²) in [5, 5.41) is 9.31. The van der Waals surface area contributed by atoms with Crippen molar-refractivity contribution in [2.75, 3.05) is 31.1 Å². The Morgan fingerprint density at radius 2 is 1.70 bits per heavy atom. The molecule has 1 aliphatic carbocycles. The highest BCUT2D eigenvalue weighted by atomic mass is 16.3. The SMILES string of the molecule is NC1(C(=O)N2CCN(c3ccc(O)cc3)CC2)CCC1. The molecule has 5 nitrogen and oxygen atoms in total. The van der Waals surface area contributed by atoms with Crippen LogP contribution in [0, 0.1) is 0 Å². The van der Waals surface area contributed by atoms with E-state index in [0.717, 1.165) is 51.1 Å². The fourth-order valence-corrected chi connectivity index (χ4v) is 2.92. The van der Waals surface area contributed by atoms with E-state index in [9.17, 15) is 9.90 Å². The lowest BCUT2D eigenvalue weighted by atomic mass is 9.76. The Labute approximate surface area is 119 Å². The largest absolute Gasteiger partial charge is 0.508 e. The number of phenols is 1. The molecule has 1 amide bonds. The van der Waals surface area contributed by atoms with Crippen molar-refractivity contribution in [1.82, 2.24) is 4.90 Å². The molecular weight excluding hydrogens is 254 g/mol. The molecule has 0 radical (unpaired) electrons. The van der Waals surface area contributed by atoms with Crippen LogP contribution in [0.1, 0.15) is 19.3 Å². The normalized spacial score (nSPS) is 21.4. The average molecular weight is 275 g/mol. The maximum Gasteiger partial charge on any atom is 0.242 e. The molecule has 1 saturated carbocycles. The summed E-state index contributed by atoms with van der Waals surface area (Å²) in [5.41, 5.74) is 6.61. The van der Waals surface area contributed by atoms with Gasteiger partial charge in [-0.1, -0.05) is 0 Å². The molecule has 3 rings (SSSR count). The zero-order valence-electron chi connectivity index (χ0n) is 11.6. The number of carbonyl (C=O) groups is 1. The van der Waals surface area contributed by atoms with Crippen LogP contribution in [0.4, 0.5) is 5.69 Å². The third kappa shape index (κ3) is 2.33. The van der Waals surface area contributed by atoms with Crippen LogP contribution in [-0.4, -0.2) is 47.6 Å².